The quantitative estimate of drug-likeness (QED) is 0.713. The van der Waals surface area contributed by atoms with E-state index in [1.807, 2.05) is 43.3 Å². The first-order valence-corrected chi connectivity index (χ1v) is 6.37. The van der Waals surface area contributed by atoms with Crippen LogP contribution in [0.25, 0.3) is 5.65 Å². The lowest BCUT2D eigenvalue weighted by Crippen LogP contribution is -2.01. The number of hydrogen-bond acceptors (Lipinski definition) is 2. The van der Waals surface area contributed by atoms with Gasteiger partial charge in [0.05, 0.1) is 5.69 Å². The first-order valence-electron chi connectivity index (χ1n) is 6.37. The number of rotatable bonds is 3. The number of aryl methyl sites for hydroxylation is 2. The first kappa shape index (κ1) is 11.8. The van der Waals surface area contributed by atoms with Gasteiger partial charge in [-0.3, -0.25) is 4.40 Å². The van der Waals surface area contributed by atoms with Gasteiger partial charge in [-0.05, 0) is 31.5 Å². The summed E-state index contributed by atoms with van der Waals surface area (Å²) in [6.07, 6.45) is 0. The largest absolute Gasteiger partial charge is 0.474 e. The van der Waals surface area contributed by atoms with Crippen molar-refractivity contribution in [1.82, 2.24) is 9.38 Å². The molecule has 2 aromatic heterocycles. The minimum absolute atomic E-state index is 0.566. The molecule has 0 aliphatic rings. The second-order valence-corrected chi connectivity index (χ2v) is 4.61. The summed E-state index contributed by atoms with van der Waals surface area (Å²) < 4.78 is 7.98. The third-order valence-corrected chi connectivity index (χ3v) is 3.30. The Kier molecular flexibility index (Phi) is 2.95. The summed E-state index contributed by atoms with van der Waals surface area (Å²) in [5.41, 5.74) is 4.25. The van der Waals surface area contributed by atoms with Crippen LogP contribution in [0, 0.1) is 13.8 Å². The van der Waals surface area contributed by atoms with Crippen molar-refractivity contribution >= 4 is 5.65 Å². The number of imidazole rings is 1. The number of pyridine rings is 1. The van der Waals surface area contributed by atoms with Crippen molar-refractivity contribution in [2.45, 2.75) is 20.5 Å². The van der Waals surface area contributed by atoms with Crippen molar-refractivity contribution in [3.63, 3.8) is 0 Å². The number of fused-ring (bicyclic) bond motifs is 1. The van der Waals surface area contributed by atoms with Gasteiger partial charge >= 0.3 is 0 Å². The first-order chi connectivity index (χ1) is 9.25. The Morgan fingerprint density at radius 1 is 1.00 bits per heavy atom. The minimum atomic E-state index is 0.566. The maximum atomic E-state index is 5.92. The molecule has 3 rings (SSSR count). The van der Waals surface area contributed by atoms with Gasteiger partial charge in [0.25, 0.3) is 0 Å². The molecule has 0 unspecified atom stereocenters. The normalized spacial score (nSPS) is 10.8. The van der Waals surface area contributed by atoms with E-state index in [2.05, 4.69) is 28.4 Å². The molecule has 0 aliphatic carbocycles. The van der Waals surface area contributed by atoms with Crippen LogP contribution in [0.5, 0.6) is 5.88 Å². The van der Waals surface area contributed by atoms with Crippen LogP contribution in [0.3, 0.4) is 0 Å². The van der Waals surface area contributed by atoms with Gasteiger partial charge in [0.15, 0.2) is 5.88 Å². The lowest BCUT2D eigenvalue weighted by molar-refractivity contribution is 0.289. The van der Waals surface area contributed by atoms with Gasteiger partial charge < -0.3 is 4.74 Å². The summed E-state index contributed by atoms with van der Waals surface area (Å²) in [4.78, 5) is 4.51. The van der Waals surface area contributed by atoms with Crippen molar-refractivity contribution < 1.29 is 4.74 Å². The summed E-state index contributed by atoms with van der Waals surface area (Å²) in [5.74, 6) is 0.833. The predicted octanol–water partition coefficient (Wildman–Crippen LogP) is 3.53. The van der Waals surface area contributed by atoms with E-state index >= 15 is 0 Å². The highest BCUT2D eigenvalue weighted by molar-refractivity contribution is 5.46. The lowest BCUT2D eigenvalue weighted by atomic mass is 10.2. The Bertz CT molecular complexity index is 701. The number of benzene rings is 1. The van der Waals surface area contributed by atoms with Crippen LogP contribution in [0.4, 0.5) is 0 Å². The number of nitrogens with zero attached hydrogens (tertiary/aromatic N) is 2. The SMILES string of the molecule is Cc1nc2cccc(OCc3ccccc3)n2c1C. The van der Waals surface area contributed by atoms with Crippen molar-refractivity contribution in [1.29, 1.82) is 0 Å². The molecule has 19 heavy (non-hydrogen) atoms. The molecule has 0 fully saturated rings. The molecule has 0 amide bonds. The number of ether oxygens (including phenoxy) is 1. The van der Waals surface area contributed by atoms with E-state index in [-0.39, 0.29) is 0 Å². The second-order valence-electron chi connectivity index (χ2n) is 4.61. The Morgan fingerprint density at radius 2 is 1.79 bits per heavy atom. The highest BCUT2D eigenvalue weighted by Gasteiger charge is 2.08. The average Bonchev–Trinajstić information content (AvgIpc) is 2.74. The summed E-state index contributed by atoms with van der Waals surface area (Å²) in [6, 6.07) is 16.1. The molecule has 0 saturated heterocycles. The van der Waals surface area contributed by atoms with Crippen LogP contribution in [0.15, 0.2) is 48.5 Å². The number of aromatic nitrogens is 2. The fourth-order valence-electron chi connectivity index (χ4n) is 2.16. The van der Waals surface area contributed by atoms with Crippen molar-refractivity contribution in [3.8, 4) is 5.88 Å². The smallest absolute Gasteiger partial charge is 0.199 e. The zero-order valence-corrected chi connectivity index (χ0v) is 11.1. The van der Waals surface area contributed by atoms with E-state index in [1.165, 1.54) is 0 Å². The van der Waals surface area contributed by atoms with Crippen molar-refractivity contribution in [3.05, 3.63) is 65.5 Å². The molecule has 3 nitrogen and oxygen atoms in total. The molecule has 0 aliphatic heterocycles. The molecule has 0 N–H and O–H groups in total. The van der Waals surface area contributed by atoms with Crippen molar-refractivity contribution in [2.24, 2.45) is 0 Å². The molecule has 2 heterocycles. The molecular formula is C16H16N2O. The van der Waals surface area contributed by atoms with Crippen LogP contribution in [-0.4, -0.2) is 9.38 Å². The van der Waals surface area contributed by atoms with E-state index in [0.29, 0.717) is 6.61 Å². The van der Waals surface area contributed by atoms with Gasteiger partial charge in [-0.15, -0.1) is 0 Å². The molecule has 0 atom stereocenters. The van der Waals surface area contributed by atoms with Gasteiger partial charge in [0, 0.05) is 5.69 Å². The van der Waals surface area contributed by atoms with Gasteiger partial charge in [-0.2, -0.15) is 0 Å². The fraction of sp³-hybridized carbons (Fsp3) is 0.188. The summed E-state index contributed by atoms with van der Waals surface area (Å²) in [7, 11) is 0. The lowest BCUT2D eigenvalue weighted by Gasteiger charge is -2.09. The van der Waals surface area contributed by atoms with Gasteiger partial charge in [-0.1, -0.05) is 36.4 Å². The molecule has 0 bridgehead atoms. The molecule has 0 saturated carbocycles. The monoisotopic (exact) mass is 252 g/mol. The van der Waals surface area contributed by atoms with Gasteiger partial charge in [0.1, 0.15) is 12.3 Å². The van der Waals surface area contributed by atoms with Crippen LogP contribution < -0.4 is 4.74 Å². The topological polar surface area (TPSA) is 26.5 Å². The Labute approximate surface area is 112 Å². The minimum Gasteiger partial charge on any atom is -0.474 e. The third kappa shape index (κ3) is 2.19. The predicted molar refractivity (Wildman–Crippen MR) is 75.4 cm³/mol. The Morgan fingerprint density at radius 3 is 2.58 bits per heavy atom. The van der Waals surface area contributed by atoms with Crippen LogP contribution >= 0.6 is 0 Å². The highest BCUT2D eigenvalue weighted by atomic mass is 16.5. The summed E-state index contributed by atoms with van der Waals surface area (Å²) in [5, 5.41) is 0. The second kappa shape index (κ2) is 4.76. The fourth-order valence-corrected chi connectivity index (χ4v) is 2.16. The molecule has 96 valence electrons. The van der Waals surface area contributed by atoms with Crippen LogP contribution in [-0.2, 0) is 6.61 Å². The third-order valence-electron chi connectivity index (χ3n) is 3.30. The van der Waals surface area contributed by atoms with E-state index < -0.39 is 0 Å². The molecule has 0 radical (unpaired) electrons. The zero-order chi connectivity index (χ0) is 13.2. The van der Waals surface area contributed by atoms with Gasteiger partial charge in [0.2, 0.25) is 0 Å². The Hall–Kier alpha value is -2.29. The van der Waals surface area contributed by atoms with Crippen molar-refractivity contribution in [2.75, 3.05) is 0 Å². The molecule has 1 aromatic carbocycles. The molecule has 0 spiro atoms. The molecule has 3 heteroatoms. The number of hydrogen-bond donors (Lipinski definition) is 0. The molecular weight excluding hydrogens is 236 g/mol. The van der Waals surface area contributed by atoms with E-state index in [4.69, 9.17) is 4.74 Å². The average molecular weight is 252 g/mol. The summed E-state index contributed by atoms with van der Waals surface area (Å²) in [6.45, 7) is 4.64. The highest BCUT2D eigenvalue weighted by Crippen LogP contribution is 2.20. The Balaban J connectivity index is 1.93. The molecule has 3 aromatic rings. The maximum absolute atomic E-state index is 5.92. The summed E-state index contributed by atoms with van der Waals surface area (Å²) >= 11 is 0. The van der Waals surface area contributed by atoms with Crippen LogP contribution in [0.1, 0.15) is 17.0 Å². The van der Waals surface area contributed by atoms with E-state index in [0.717, 1.165) is 28.5 Å². The van der Waals surface area contributed by atoms with Gasteiger partial charge in [-0.25, -0.2) is 4.98 Å². The van der Waals surface area contributed by atoms with Crippen LogP contribution in [0.2, 0.25) is 0 Å². The standard InChI is InChI=1S/C16H16N2O/c1-12-13(2)18-15(17-12)9-6-10-16(18)19-11-14-7-4-3-5-8-14/h3-10H,11H2,1-2H3. The zero-order valence-electron chi connectivity index (χ0n) is 11.1. The van der Waals surface area contributed by atoms with E-state index in [1.54, 1.807) is 0 Å². The van der Waals surface area contributed by atoms with E-state index in [9.17, 15) is 0 Å². The maximum Gasteiger partial charge on any atom is 0.199 e.